The van der Waals surface area contributed by atoms with E-state index in [1.165, 1.54) is 10.9 Å². The van der Waals surface area contributed by atoms with Crippen LogP contribution in [0.25, 0.3) is 0 Å². The van der Waals surface area contributed by atoms with E-state index in [0.29, 0.717) is 25.1 Å². The van der Waals surface area contributed by atoms with Crippen molar-refractivity contribution in [1.29, 1.82) is 0 Å². The van der Waals surface area contributed by atoms with Crippen molar-refractivity contribution in [3.05, 3.63) is 11.9 Å². The maximum Gasteiger partial charge on any atom is 0.322 e. The molecule has 1 aliphatic rings. The molecule has 2 rings (SSSR count). The van der Waals surface area contributed by atoms with Crippen molar-refractivity contribution in [2.45, 2.75) is 44.2 Å². The van der Waals surface area contributed by atoms with Crippen LogP contribution in [0.15, 0.2) is 11.1 Å². The third kappa shape index (κ3) is 2.37. The van der Waals surface area contributed by atoms with Crippen LogP contribution in [0.3, 0.4) is 0 Å². The number of carboxylic acids is 1. The van der Waals surface area contributed by atoms with Crippen LogP contribution in [-0.2, 0) is 21.4 Å². The van der Waals surface area contributed by atoms with Crippen molar-refractivity contribution in [1.82, 2.24) is 14.1 Å². The Balaban J connectivity index is 2.41. The number of carbonyl (C=O) groups is 1. The minimum Gasteiger partial charge on any atom is -0.480 e. The van der Waals surface area contributed by atoms with Crippen LogP contribution in [0.4, 0.5) is 0 Å². The smallest absolute Gasteiger partial charge is 0.322 e. The lowest BCUT2D eigenvalue weighted by molar-refractivity contribution is -0.140. The molecule has 2 heterocycles. The minimum absolute atomic E-state index is 0.0995. The normalized spacial score (nSPS) is 20.8. The van der Waals surface area contributed by atoms with Gasteiger partial charge in [0.2, 0.25) is 10.0 Å². The maximum absolute atomic E-state index is 12.5. The van der Waals surface area contributed by atoms with Crippen molar-refractivity contribution >= 4 is 16.0 Å². The maximum atomic E-state index is 12.5. The van der Waals surface area contributed by atoms with E-state index in [4.69, 9.17) is 5.11 Å². The third-order valence-electron chi connectivity index (χ3n) is 3.30. The quantitative estimate of drug-likeness (QED) is 0.868. The number of sulfonamides is 1. The average Bonchev–Trinajstić information content (AvgIpc) is 2.94. The lowest BCUT2D eigenvalue weighted by atomic mass is 10.2. The van der Waals surface area contributed by atoms with E-state index in [0.717, 1.165) is 4.31 Å². The van der Waals surface area contributed by atoms with Gasteiger partial charge in [0.05, 0.1) is 5.69 Å². The third-order valence-corrected chi connectivity index (χ3v) is 5.31. The molecule has 0 amide bonds. The lowest BCUT2D eigenvalue weighted by Gasteiger charge is -2.20. The zero-order valence-electron chi connectivity index (χ0n) is 10.9. The van der Waals surface area contributed by atoms with E-state index in [-0.39, 0.29) is 11.4 Å². The number of aromatic nitrogens is 2. The van der Waals surface area contributed by atoms with Crippen molar-refractivity contribution in [2.75, 3.05) is 6.54 Å². The van der Waals surface area contributed by atoms with Crippen molar-refractivity contribution in [3.8, 4) is 0 Å². The summed E-state index contributed by atoms with van der Waals surface area (Å²) in [6.07, 6.45) is 2.38. The summed E-state index contributed by atoms with van der Waals surface area (Å²) in [6.45, 7) is 4.29. The van der Waals surface area contributed by atoms with Gasteiger partial charge in [0.25, 0.3) is 0 Å². The molecule has 0 saturated carbocycles. The summed E-state index contributed by atoms with van der Waals surface area (Å²) >= 11 is 0. The Bertz CT molecular complexity index is 593. The van der Waals surface area contributed by atoms with Gasteiger partial charge < -0.3 is 5.11 Å². The standard InChI is InChI=1S/C11H17N3O4S/c1-3-13-7-10(8(2)12-13)19(17,18)14-6-4-5-9(14)11(15)16/h7,9H,3-6H2,1-2H3,(H,15,16)/t9-/m0/s1. The minimum atomic E-state index is -3.78. The van der Waals surface area contributed by atoms with Gasteiger partial charge in [-0.2, -0.15) is 9.40 Å². The SMILES string of the molecule is CCn1cc(S(=O)(=O)N2CCC[C@H]2C(=O)O)c(C)n1. The van der Waals surface area contributed by atoms with Crippen LogP contribution in [0.2, 0.25) is 0 Å². The van der Waals surface area contributed by atoms with Crippen LogP contribution >= 0.6 is 0 Å². The molecule has 0 aliphatic carbocycles. The molecule has 1 N–H and O–H groups in total. The van der Waals surface area contributed by atoms with Gasteiger partial charge in [0.15, 0.2) is 0 Å². The van der Waals surface area contributed by atoms with Gasteiger partial charge in [-0.3, -0.25) is 9.48 Å². The fourth-order valence-electron chi connectivity index (χ4n) is 2.32. The number of hydrogen-bond acceptors (Lipinski definition) is 4. The van der Waals surface area contributed by atoms with E-state index < -0.39 is 22.0 Å². The summed E-state index contributed by atoms with van der Waals surface area (Å²) in [5, 5.41) is 13.2. The van der Waals surface area contributed by atoms with Gasteiger partial charge in [-0.15, -0.1) is 0 Å². The van der Waals surface area contributed by atoms with Crippen molar-refractivity contribution in [3.63, 3.8) is 0 Å². The number of aliphatic carboxylic acids is 1. The molecule has 1 atom stereocenters. The highest BCUT2D eigenvalue weighted by atomic mass is 32.2. The second-order valence-electron chi connectivity index (χ2n) is 4.55. The van der Waals surface area contributed by atoms with Gasteiger partial charge in [-0.25, -0.2) is 8.42 Å². The lowest BCUT2D eigenvalue weighted by Crippen LogP contribution is -2.40. The zero-order chi connectivity index (χ0) is 14.2. The summed E-state index contributed by atoms with van der Waals surface area (Å²) in [6, 6.07) is -0.964. The Kier molecular flexibility index (Phi) is 3.64. The van der Waals surface area contributed by atoms with Crippen molar-refractivity contribution in [2.24, 2.45) is 0 Å². The van der Waals surface area contributed by atoms with Crippen LogP contribution in [0.5, 0.6) is 0 Å². The molecular formula is C11H17N3O4S. The number of carboxylic acid groups (broad SMARTS) is 1. The molecule has 1 saturated heterocycles. The molecule has 106 valence electrons. The van der Waals surface area contributed by atoms with Gasteiger partial charge in [-0.1, -0.05) is 0 Å². The molecule has 0 spiro atoms. The molecular weight excluding hydrogens is 270 g/mol. The average molecular weight is 287 g/mol. The number of nitrogens with zero attached hydrogens (tertiary/aromatic N) is 3. The molecule has 19 heavy (non-hydrogen) atoms. The second-order valence-corrected chi connectivity index (χ2v) is 6.41. The highest BCUT2D eigenvalue weighted by molar-refractivity contribution is 7.89. The largest absolute Gasteiger partial charge is 0.480 e. The molecule has 0 aromatic carbocycles. The zero-order valence-corrected chi connectivity index (χ0v) is 11.7. The van der Waals surface area contributed by atoms with Crippen LogP contribution < -0.4 is 0 Å². The topological polar surface area (TPSA) is 92.5 Å². The molecule has 0 unspecified atom stereocenters. The predicted octanol–water partition coefficient (Wildman–Crippen LogP) is 0.449. The van der Waals surface area contributed by atoms with Gasteiger partial charge in [-0.05, 0) is 26.7 Å². The van der Waals surface area contributed by atoms with Crippen LogP contribution in [0, 0.1) is 6.92 Å². The Morgan fingerprint density at radius 1 is 1.58 bits per heavy atom. The molecule has 7 nitrogen and oxygen atoms in total. The molecule has 0 bridgehead atoms. The summed E-state index contributed by atoms with van der Waals surface area (Å²) < 4.78 is 27.6. The first-order chi connectivity index (χ1) is 8.87. The van der Waals surface area contributed by atoms with Crippen molar-refractivity contribution < 1.29 is 18.3 Å². The molecule has 1 aromatic heterocycles. The molecule has 1 fully saturated rings. The summed E-state index contributed by atoms with van der Waals surface area (Å²) in [5.41, 5.74) is 0.401. The van der Waals surface area contributed by atoms with E-state index in [9.17, 15) is 13.2 Å². The Hall–Kier alpha value is -1.41. The number of aryl methyl sites for hydroxylation is 2. The Morgan fingerprint density at radius 3 is 2.79 bits per heavy atom. The predicted molar refractivity (Wildman–Crippen MR) is 67.2 cm³/mol. The second kappa shape index (κ2) is 4.93. The van der Waals surface area contributed by atoms with E-state index >= 15 is 0 Å². The number of rotatable bonds is 4. The summed E-state index contributed by atoms with van der Waals surface area (Å²) in [5.74, 6) is -1.10. The summed E-state index contributed by atoms with van der Waals surface area (Å²) in [4.78, 5) is 11.2. The molecule has 8 heteroatoms. The Labute approximate surface area is 111 Å². The van der Waals surface area contributed by atoms with Gasteiger partial charge >= 0.3 is 5.97 Å². The molecule has 0 radical (unpaired) electrons. The first-order valence-corrected chi connectivity index (χ1v) is 7.60. The van der Waals surface area contributed by atoms with Gasteiger partial charge in [0, 0.05) is 19.3 Å². The van der Waals surface area contributed by atoms with Crippen LogP contribution in [0.1, 0.15) is 25.5 Å². The van der Waals surface area contributed by atoms with Crippen LogP contribution in [-0.4, -0.2) is 46.2 Å². The highest BCUT2D eigenvalue weighted by Gasteiger charge is 2.40. The monoisotopic (exact) mass is 287 g/mol. The van der Waals surface area contributed by atoms with E-state index in [1.807, 2.05) is 6.92 Å². The van der Waals surface area contributed by atoms with Gasteiger partial charge in [0.1, 0.15) is 10.9 Å². The molecule has 1 aliphatic heterocycles. The first kappa shape index (κ1) is 14.0. The fourth-order valence-corrected chi connectivity index (χ4v) is 4.14. The van der Waals surface area contributed by atoms with E-state index in [2.05, 4.69) is 5.10 Å². The highest BCUT2D eigenvalue weighted by Crippen LogP contribution is 2.27. The van der Waals surface area contributed by atoms with E-state index in [1.54, 1.807) is 6.92 Å². The Morgan fingerprint density at radius 2 is 2.26 bits per heavy atom. The first-order valence-electron chi connectivity index (χ1n) is 6.16. The number of hydrogen-bond donors (Lipinski definition) is 1. The fraction of sp³-hybridized carbons (Fsp3) is 0.636. The molecule has 1 aromatic rings. The summed E-state index contributed by atoms with van der Waals surface area (Å²) in [7, 11) is -3.78.